The van der Waals surface area contributed by atoms with E-state index >= 15 is 0 Å². The van der Waals surface area contributed by atoms with Crippen LogP contribution in [0.1, 0.15) is 12.6 Å². The molecule has 1 heterocycles. The third-order valence-electron chi connectivity index (χ3n) is 3.19. The number of pyridine rings is 1. The Labute approximate surface area is 116 Å². The molecule has 1 aromatic carbocycles. The van der Waals surface area contributed by atoms with Crippen LogP contribution in [0.15, 0.2) is 24.4 Å². The first-order valence-electron chi connectivity index (χ1n) is 6.33. The van der Waals surface area contributed by atoms with Crippen molar-refractivity contribution in [1.29, 1.82) is 0 Å². The molecule has 20 heavy (non-hydrogen) atoms. The van der Waals surface area contributed by atoms with Gasteiger partial charge in [0.25, 0.3) is 5.69 Å². The summed E-state index contributed by atoms with van der Waals surface area (Å²) in [6.45, 7) is 4.44. The van der Waals surface area contributed by atoms with Crippen molar-refractivity contribution in [2.75, 3.05) is 19.0 Å². The Balaban J connectivity index is 2.48. The Bertz CT molecular complexity index is 643. The summed E-state index contributed by atoms with van der Waals surface area (Å²) < 4.78 is 5.19. The number of non-ortho nitro benzene ring substituents is 1. The van der Waals surface area contributed by atoms with Crippen molar-refractivity contribution in [3.63, 3.8) is 0 Å². The van der Waals surface area contributed by atoms with Gasteiger partial charge >= 0.3 is 0 Å². The molecule has 1 unspecified atom stereocenters. The molecule has 0 spiro atoms. The van der Waals surface area contributed by atoms with Crippen LogP contribution >= 0.6 is 0 Å². The smallest absolute Gasteiger partial charge is 0.278 e. The number of hydrogen-bond acceptors (Lipinski definition) is 5. The van der Waals surface area contributed by atoms with E-state index in [1.165, 1.54) is 6.07 Å². The molecule has 0 aliphatic heterocycles. The number of anilines is 1. The first kappa shape index (κ1) is 14.2. The van der Waals surface area contributed by atoms with Crippen LogP contribution in [0.25, 0.3) is 10.8 Å². The SMILES string of the molecule is COC(C)CNc1ccc([N+](=O)[O-])c2cnc(C)cc12. The van der Waals surface area contributed by atoms with Crippen LogP contribution in [0, 0.1) is 17.0 Å². The van der Waals surface area contributed by atoms with Crippen molar-refractivity contribution in [2.45, 2.75) is 20.0 Å². The van der Waals surface area contributed by atoms with Crippen molar-refractivity contribution in [3.8, 4) is 0 Å². The third-order valence-corrected chi connectivity index (χ3v) is 3.19. The van der Waals surface area contributed by atoms with E-state index in [1.807, 2.05) is 19.9 Å². The van der Waals surface area contributed by atoms with Gasteiger partial charge in [-0.3, -0.25) is 15.1 Å². The van der Waals surface area contributed by atoms with Gasteiger partial charge < -0.3 is 10.1 Å². The number of aromatic nitrogens is 1. The van der Waals surface area contributed by atoms with Crippen LogP contribution in [-0.2, 0) is 4.74 Å². The lowest BCUT2D eigenvalue weighted by molar-refractivity contribution is -0.383. The van der Waals surface area contributed by atoms with Crippen LogP contribution in [0.5, 0.6) is 0 Å². The van der Waals surface area contributed by atoms with Crippen molar-refractivity contribution in [3.05, 3.63) is 40.2 Å². The summed E-state index contributed by atoms with van der Waals surface area (Å²) >= 11 is 0. The fraction of sp³-hybridized carbons (Fsp3) is 0.357. The predicted octanol–water partition coefficient (Wildman–Crippen LogP) is 2.90. The highest BCUT2D eigenvalue weighted by atomic mass is 16.6. The summed E-state index contributed by atoms with van der Waals surface area (Å²) in [6, 6.07) is 5.07. The molecule has 6 heteroatoms. The summed E-state index contributed by atoms with van der Waals surface area (Å²) in [6.07, 6.45) is 1.61. The van der Waals surface area contributed by atoms with E-state index in [9.17, 15) is 10.1 Å². The standard InChI is InChI=1S/C14H17N3O3/c1-9-6-11-12(8-15-9)14(17(18)19)5-4-13(11)16-7-10(2)20-3/h4-6,8,10,16H,7H2,1-3H3. The van der Waals surface area contributed by atoms with E-state index in [0.29, 0.717) is 11.9 Å². The van der Waals surface area contributed by atoms with Crippen LogP contribution in [0.4, 0.5) is 11.4 Å². The molecular weight excluding hydrogens is 258 g/mol. The van der Waals surface area contributed by atoms with Crippen LogP contribution in [-0.4, -0.2) is 29.7 Å². The Hall–Kier alpha value is -2.21. The second kappa shape index (κ2) is 5.83. The van der Waals surface area contributed by atoms with Gasteiger partial charge in [-0.05, 0) is 26.0 Å². The summed E-state index contributed by atoms with van der Waals surface area (Å²) in [4.78, 5) is 14.8. The monoisotopic (exact) mass is 275 g/mol. The second-order valence-corrected chi connectivity index (χ2v) is 4.69. The van der Waals surface area contributed by atoms with Gasteiger partial charge in [0.2, 0.25) is 0 Å². The van der Waals surface area contributed by atoms with Gasteiger partial charge in [0, 0.05) is 42.7 Å². The summed E-state index contributed by atoms with van der Waals surface area (Å²) in [5.74, 6) is 0. The molecule has 0 amide bonds. The number of aryl methyl sites for hydroxylation is 1. The lowest BCUT2D eigenvalue weighted by Gasteiger charge is -2.14. The van der Waals surface area contributed by atoms with E-state index in [1.54, 1.807) is 19.4 Å². The number of nitro groups is 1. The normalized spacial score (nSPS) is 12.3. The number of methoxy groups -OCH3 is 1. The van der Waals surface area contributed by atoms with Crippen LogP contribution in [0.2, 0.25) is 0 Å². The molecule has 1 N–H and O–H groups in total. The summed E-state index contributed by atoms with van der Waals surface area (Å²) in [5.41, 5.74) is 1.73. The molecule has 1 aromatic heterocycles. The molecule has 0 saturated carbocycles. The lowest BCUT2D eigenvalue weighted by atomic mass is 10.1. The van der Waals surface area contributed by atoms with Gasteiger partial charge in [0.05, 0.1) is 16.4 Å². The molecule has 6 nitrogen and oxygen atoms in total. The highest BCUT2D eigenvalue weighted by molar-refractivity contribution is 5.99. The van der Waals surface area contributed by atoms with Crippen molar-refractivity contribution < 1.29 is 9.66 Å². The summed E-state index contributed by atoms with van der Waals surface area (Å²) in [5, 5.41) is 15.7. The highest BCUT2D eigenvalue weighted by Gasteiger charge is 2.15. The van der Waals surface area contributed by atoms with Gasteiger partial charge in [-0.2, -0.15) is 0 Å². The average Bonchev–Trinajstić information content (AvgIpc) is 2.43. The molecule has 0 aliphatic carbocycles. The lowest BCUT2D eigenvalue weighted by Crippen LogP contribution is -2.18. The number of rotatable bonds is 5. The number of hydrogen-bond donors (Lipinski definition) is 1. The van der Waals surface area contributed by atoms with Gasteiger partial charge in [-0.1, -0.05) is 0 Å². The number of benzene rings is 1. The number of fused-ring (bicyclic) bond motifs is 1. The molecule has 0 fully saturated rings. The van der Waals surface area contributed by atoms with E-state index in [2.05, 4.69) is 10.3 Å². The van der Waals surface area contributed by atoms with Gasteiger partial charge in [0.15, 0.2) is 0 Å². The van der Waals surface area contributed by atoms with Gasteiger partial charge in [0.1, 0.15) is 0 Å². The zero-order valence-corrected chi connectivity index (χ0v) is 11.7. The molecule has 2 aromatic rings. The van der Waals surface area contributed by atoms with E-state index < -0.39 is 0 Å². The minimum atomic E-state index is -0.388. The second-order valence-electron chi connectivity index (χ2n) is 4.69. The van der Waals surface area contributed by atoms with E-state index in [4.69, 9.17) is 4.74 Å². The van der Waals surface area contributed by atoms with Crippen LogP contribution < -0.4 is 5.32 Å². The van der Waals surface area contributed by atoms with E-state index in [-0.39, 0.29) is 16.7 Å². The molecule has 0 aliphatic rings. The minimum Gasteiger partial charge on any atom is -0.382 e. The van der Waals surface area contributed by atoms with E-state index in [0.717, 1.165) is 16.8 Å². The van der Waals surface area contributed by atoms with Gasteiger partial charge in [-0.25, -0.2) is 0 Å². The molecular formula is C14H17N3O3. The first-order chi connectivity index (χ1) is 9.52. The first-order valence-corrected chi connectivity index (χ1v) is 6.33. The maximum atomic E-state index is 11.1. The Kier molecular flexibility index (Phi) is 4.14. The zero-order chi connectivity index (χ0) is 14.7. The number of nitrogens with one attached hydrogen (secondary N) is 1. The number of nitro benzene ring substituents is 1. The summed E-state index contributed by atoms with van der Waals surface area (Å²) in [7, 11) is 1.65. The minimum absolute atomic E-state index is 0.0585. The Morgan fingerprint density at radius 3 is 2.85 bits per heavy atom. The highest BCUT2D eigenvalue weighted by Crippen LogP contribution is 2.31. The Morgan fingerprint density at radius 1 is 1.45 bits per heavy atom. The zero-order valence-electron chi connectivity index (χ0n) is 11.7. The van der Waals surface area contributed by atoms with Crippen LogP contribution in [0.3, 0.4) is 0 Å². The number of ether oxygens (including phenoxy) is 1. The molecule has 0 saturated heterocycles. The fourth-order valence-corrected chi connectivity index (χ4v) is 1.98. The van der Waals surface area contributed by atoms with Crippen molar-refractivity contribution in [2.24, 2.45) is 0 Å². The Morgan fingerprint density at radius 2 is 2.20 bits per heavy atom. The van der Waals surface area contributed by atoms with Gasteiger partial charge in [-0.15, -0.1) is 0 Å². The molecule has 106 valence electrons. The molecule has 0 bridgehead atoms. The largest absolute Gasteiger partial charge is 0.382 e. The molecule has 2 rings (SSSR count). The third kappa shape index (κ3) is 2.85. The quantitative estimate of drug-likeness (QED) is 0.670. The van der Waals surface area contributed by atoms with Crippen molar-refractivity contribution in [1.82, 2.24) is 4.98 Å². The molecule has 0 radical (unpaired) electrons. The molecule has 1 atom stereocenters. The maximum Gasteiger partial charge on any atom is 0.278 e. The number of nitrogens with zero attached hydrogens (tertiary/aromatic N) is 2. The predicted molar refractivity (Wildman–Crippen MR) is 78.1 cm³/mol. The fourth-order valence-electron chi connectivity index (χ4n) is 1.98. The maximum absolute atomic E-state index is 11.1. The topological polar surface area (TPSA) is 77.3 Å². The average molecular weight is 275 g/mol. The van der Waals surface area contributed by atoms with Crippen molar-refractivity contribution >= 4 is 22.1 Å².